The summed E-state index contributed by atoms with van der Waals surface area (Å²) < 4.78 is 37.9. The third kappa shape index (κ3) is 6.06. The standard InChI is InChI=1S/C14H18ClF3N4O.2ClH/c1-13(2,19)12(23)21-9-3-4-22(7-9)11-10(15)5-8(6-20-11)14(16,17)18;;/h5-6,9H,3-4,7,19H2,1-2H3,(H,21,23);2*1H. The summed E-state index contributed by atoms with van der Waals surface area (Å²) in [5, 5.41) is 2.75. The summed E-state index contributed by atoms with van der Waals surface area (Å²) in [6, 6.07) is 0.712. The Morgan fingerprint density at radius 3 is 2.48 bits per heavy atom. The largest absolute Gasteiger partial charge is 0.417 e. The number of nitrogens with two attached hydrogens (primary N) is 1. The fraction of sp³-hybridized carbons (Fsp3) is 0.571. The van der Waals surface area contributed by atoms with Crippen molar-refractivity contribution in [2.75, 3.05) is 18.0 Å². The Hall–Kier alpha value is -0.960. The van der Waals surface area contributed by atoms with E-state index < -0.39 is 17.3 Å². The molecule has 0 radical (unpaired) electrons. The zero-order valence-corrected chi connectivity index (χ0v) is 16.0. The number of anilines is 1. The number of nitrogens with one attached hydrogen (secondary N) is 1. The monoisotopic (exact) mass is 422 g/mol. The average molecular weight is 424 g/mol. The van der Waals surface area contributed by atoms with Gasteiger partial charge in [-0.2, -0.15) is 13.2 Å². The van der Waals surface area contributed by atoms with Gasteiger partial charge in [0.15, 0.2) is 0 Å². The Morgan fingerprint density at radius 2 is 2.00 bits per heavy atom. The maximum Gasteiger partial charge on any atom is 0.417 e. The molecule has 0 aromatic carbocycles. The van der Waals surface area contributed by atoms with Crippen LogP contribution in [0, 0.1) is 0 Å². The van der Waals surface area contributed by atoms with Crippen molar-refractivity contribution >= 4 is 48.1 Å². The Balaban J connectivity index is 0.00000288. The van der Waals surface area contributed by atoms with Gasteiger partial charge in [0.05, 0.1) is 16.1 Å². The lowest BCUT2D eigenvalue weighted by Gasteiger charge is -2.23. The third-order valence-electron chi connectivity index (χ3n) is 3.56. The zero-order chi connectivity index (χ0) is 17.4. The molecular weight excluding hydrogens is 404 g/mol. The zero-order valence-electron chi connectivity index (χ0n) is 13.6. The predicted molar refractivity (Wildman–Crippen MR) is 95.8 cm³/mol. The van der Waals surface area contributed by atoms with Gasteiger partial charge in [-0.1, -0.05) is 11.6 Å². The number of amides is 1. The minimum Gasteiger partial charge on any atom is -0.353 e. The van der Waals surface area contributed by atoms with Gasteiger partial charge < -0.3 is 16.0 Å². The summed E-state index contributed by atoms with van der Waals surface area (Å²) in [5.74, 6) is -0.000695. The maximum absolute atomic E-state index is 12.6. The van der Waals surface area contributed by atoms with Crippen LogP contribution >= 0.6 is 36.4 Å². The molecule has 0 saturated carbocycles. The lowest BCUT2D eigenvalue weighted by atomic mass is 10.1. The first-order chi connectivity index (χ1) is 10.5. The molecule has 1 unspecified atom stereocenters. The minimum atomic E-state index is -4.48. The predicted octanol–water partition coefficient (Wildman–Crippen LogP) is 3.03. The van der Waals surface area contributed by atoms with Crippen LogP contribution in [-0.4, -0.2) is 35.6 Å². The van der Waals surface area contributed by atoms with E-state index in [-0.39, 0.29) is 47.6 Å². The highest BCUT2D eigenvalue weighted by Gasteiger charge is 2.33. The lowest BCUT2D eigenvalue weighted by molar-refractivity contribution is -0.137. The van der Waals surface area contributed by atoms with Crippen molar-refractivity contribution in [2.24, 2.45) is 5.73 Å². The molecule has 2 heterocycles. The average Bonchev–Trinajstić information content (AvgIpc) is 2.84. The molecule has 5 nitrogen and oxygen atoms in total. The summed E-state index contributed by atoms with van der Waals surface area (Å²) in [6.45, 7) is 4.15. The van der Waals surface area contributed by atoms with Crippen molar-refractivity contribution in [3.63, 3.8) is 0 Å². The smallest absolute Gasteiger partial charge is 0.353 e. The van der Waals surface area contributed by atoms with Crippen LogP contribution in [0.5, 0.6) is 0 Å². The van der Waals surface area contributed by atoms with Gasteiger partial charge in [0, 0.05) is 25.3 Å². The molecule has 0 aliphatic carbocycles. The molecule has 1 aromatic rings. The van der Waals surface area contributed by atoms with E-state index in [1.165, 1.54) is 0 Å². The fourth-order valence-electron chi connectivity index (χ4n) is 2.26. The molecule has 1 aromatic heterocycles. The van der Waals surface area contributed by atoms with E-state index in [0.29, 0.717) is 19.5 Å². The highest BCUT2D eigenvalue weighted by Crippen LogP contribution is 2.34. The Bertz CT molecular complexity index is 608. The van der Waals surface area contributed by atoms with Crippen LogP contribution in [0.15, 0.2) is 12.3 Å². The molecule has 25 heavy (non-hydrogen) atoms. The molecule has 1 fully saturated rings. The van der Waals surface area contributed by atoms with E-state index in [4.69, 9.17) is 17.3 Å². The second-order valence-corrected chi connectivity index (χ2v) is 6.56. The summed E-state index contributed by atoms with van der Waals surface area (Å²) in [4.78, 5) is 17.4. The van der Waals surface area contributed by atoms with Crippen molar-refractivity contribution in [1.29, 1.82) is 0 Å². The number of carbonyl (C=O) groups is 1. The van der Waals surface area contributed by atoms with E-state index in [2.05, 4.69) is 10.3 Å². The highest BCUT2D eigenvalue weighted by molar-refractivity contribution is 6.33. The van der Waals surface area contributed by atoms with Crippen molar-refractivity contribution in [3.05, 3.63) is 22.8 Å². The van der Waals surface area contributed by atoms with Crippen LogP contribution in [0.3, 0.4) is 0 Å². The quantitative estimate of drug-likeness (QED) is 0.784. The second kappa shape index (κ2) is 8.62. The number of nitrogens with zero attached hydrogens (tertiary/aromatic N) is 2. The molecule has 144 valence electrons. The molecule has 1 atom stereocenters. The van der Waals surface area contributed by atoms with Crippen molar-refractivity contribution in [1.82, 2.24) is 10.3 Å². The topological polar surface area (TPSA) is 71.2 Å². The van der Waals surface area contributed by atoms with Gasteiger partial charge in [-0.05, 0) is 26.3 Å². The number of aromatic nitrogens is 1. The Kier molecular flexibility index (Phi) is 8.29. The van der Waals surface area contributed by atoms with Crippen molar-refractivity contribution < 1.29 is 18.0 Å². The molecule has 0 bridgehead atoms. The van der Waals surface area contributed by atoms with E-state index in [9.17, 15) is 18.0 Å². The van der Waals surface area contributed by atoms with Crippen LogP contribution in [0.1, 0.15) is 25.8 Å². The summed E-state index contributed by atoms with van der Waals surface area (Å²) in [7, 11) is 0. The van der Waals surface area contributed by atoms with E-state index in [1.54, 1.807) is 18.7 Å². The van der Waals surface area contributed by atoms with Gasteiger partial charge in [-0.25, -0.2) is 4.98 Å². The number of hydrogen-bond donors (Lipinski definition) is 2. The molecule has 1 amide bonds. The number of pyridine rings is 1. The third-order valence-corrected chi connectivity index (χ3v) is 3.84. The van der Waals surface area contributed by atoms with Gasteiger partial charge in [0.25, 0.3) is 0 Å². The summed E-state index contributed by atoms with van der Waals surface area (Å²) >= 11 is 5.93. The van der Waals surface area contributed by atoms with Gasteiger partial charge in [0.2, 0.25) is 5.91 Å². The van der Waals surface area contributed by atoms with Crippen molar-refractivity contribution in [3.8, 4) is 0 Å². The molecule has 2 rings (SSSR count). The van der Waals surface area contributed by atoms with Gasteiger partial charge in [-0.3, -0.25) is 4.79 Å². The van der Waals surface area contributed by atoms with Crippen LogP contribution in [-0.2, 0) is 11.0 Å². The summed E-state index contributed by atoms with van der Waals surface area (Å²) in [6.07, 6.45) is -3.08. The first-order valence-corrected chi connectivity index (χ1v) is 7.44. The number of hydrogen-bond acceptors (Lipinski definition) is 4. The molecule has 1 saturated heterocycles. The van der Waals surface area contributed by atoms with Crippen LogP contribution in [0.4, 0.5) is 19.0 Å². The van der Waals surface area contributed by atoms with Crippen LogP contribution in [0.2, 0.25) is 5.02 Å². The molecule has 11 heteroatoms. The Labute approximate surface area is 161 Å². The minimum absolute atomic E-state index is 0. The fourth-order valence-corrected chi connectivity index (χ4v) is 2.55. The first-order valence-electron chi connectivity index (χ1n) is 7.06. The molecule has 0 spiro atoms. The summed E-state index contributed by atoms with van der Waals surface area (Å²) in [5.41, 5.74) is 3.84. The lowest BCUT2D eigenvalue weighted by Crippen LogP contribution is -2.52. The van der Waals surface area contributed by atoms with E-state index in [1.807, 2.05) is 0 Å². The highest BCUT2D eigenvalue weighted by atomic mass is 35.5. The molecule has 1 aliphatic heterocycles. The number of alkyl halides is 3. The van der Waals surface area contributed by atoms with Crippen molar-refractivity contribution in [2.45, 2.75) is 38.0 Å². The number of carbonyl (C=O) groups excluding carboxylic acids is 1. The van der Waals surface area contributed by atoms with Gasteiger partial charge in [0.1, 0.15) is 5.82 Å². The van der Waals surface area contributed by atoms with Gasteiger partial charge >= 0.3 is 6.18 Å². The normalized spacial score (nSPS) is 17.6. The first kappa shape index (κ1) is 24.0. The van der Waals surface area contributed by atoms with Gasteiger partial charge in [-0.15, -0.1) is 24.8 Å². The van der Waals surface area contributed by atoms with Crippen LogP contribution in [0.25, 0.3) is 0 Å². The number of rotatable bonds is 3. The number of halogens is 6. The molecular formula is C14H20Cl3F3N4O. The second-order valence-electron chi connectivity index (χ2n) is 6.15. The van der Waals surface area contributed by atoms with Crippen LogP contribution < -0.4 is 16.0 Å². The maximum atomic E-state index is 12.6. The van der Waals surface area contributed by atoms with E-state index >= 15 is 0 Å². The van der Waals surface area contributed by atoms with E-state index in [0.717, 1.165) is 12.3 Å². The SMILES string of the molecule is CC(C)(N)C(=O)NC1CCN(c2ncc(C(F)(F)F)cc2Cl)C1.Cl.Cl. The Morgan fingerprint density at radius 1 is 1.40 bits per heavy atom. The molecule has 1 aliphatic rings. The molecule has 3 N–H and O–H groups in total.